The molecule has 2 amide bonds. The van der Waals surface area contributed by atoms with Crippen LogP contribution in [0.25, 0.3) is 0 Å². The summed E-state index contributed by atoms with van der Waals surface area (Å²) >= 11 is 0. The van der Waals surface area contributed by atoms with Crippen LogP contribution in [-0.2, 0) is 4.79 Å². The van der Waals surface area contributed by atoms with Gasteiger partial charge in [-0.05, 0) is 44.2 Å². The van der Waals surface area contributed by atoms with E-state index in [0.29, 0.717) is 17.7 Å². The lowest BCUT2D eigenvalue weighted by atomic mass is 10.1. The van der Waals surface area contributed by atoms with Crippen LogP contribution in [0.1, 0.15) is 36.2 Å². The van der Waals surface area contributed by atoms with Crippen molar-refractivity contribution in [3.63, 3.8) is 0 Å². The van der Waals surface area contributed by atoms with E-state index in [9.17, 15) is 9.59 Å². The largest absolute Gasteiger partial charge is 0.366 e. The zero-order chi connectivity index (χ0) is 14.4. The number of rotatable bonds is 6. The second kappa shape index (κ2) is 6.89. The summed E-state index contributed by atoms with van der Waals surface area (Å²) in [5.41, 5.74) is 7.17. The van der Waals surface area contributed by atoms with E-state index in [-0.39, 0.29) is 11.9 Å². The van der Waals surface area contributed by atoms with Gasteiger partial charge in [0.2, 0.25) is 11.8 Å². The second-order valence-electron chi connectivity index (χ2n) is 4.60. The standard InChI is InChI=1S/C14H21N3O2/c1-4-16-10(3)8-13(18)17-12-6-5-11(14(15)19)7-9(12)2/h5-7,10,16H,4,8H2,1-3H3,(H2,15,19)(H,17,18). The lowest BCUT2D eigenvalue weighted by Gasteiger charge is -2.13. The summed E-state index contributed by atoms with van der Waals surface area (Å²) < 4.78 is 0. The minimum absolute atomic E-state index is 0.0524. The van der Waals surface area contributed by atoms with Crippen LogP contribution in [0.5, 0.6) is 0 Å². The van der Waals surface area contributed by atoms with Gasteiger partial charge in [-0.1, -0.05) is 6.92 Å². The summed E-state index contributed by atoms with van der Waals surface area (Å²) in [5.74, 6) is -0.523. The van der Waals surface area contributed by atoms with Crippen LogP contribution in [-0.4, -0.2) is 24.4 Å². The summed E-state index contributed by atoms with van der Waals surface area (Å²) in [5, 5.41) is 6.01. The molecule has 0 aliphatic rings. The second-order valence-corrected chi connectivity index (χ2v) is 4.60. The number of benzene rings is 1. The summed E-state index contributed by atoms with van der Waals surface area (Å²) in [6.45, 7) is 6.63. The van der Waals surface area contributed by atoms with Crippen molar-refractivity contribution in [3.05, 3.63) is 29.3 Å². The Hall–Kier alpha value is -1.88. The number of nitrogens with two attached hydrogens (primary N) is 1. The maximum atomic E-state index is 11.8. The van der Waals surface area contributed by atoms with E-state index < -0.39 is 5.91 Å². The van der Waals surface area contributed by atoms with E-state index in [1.165, 1.54) is 0 Å². The van der Waals surface area contributed by atoms with E-state index in [2.05, 4.69) is 10.6 Å². The van der Waals surface area contributed by atoms with E-state index in [1.807, 2.05) is 20.8 Å². The first kappa shape index (κ1) is 15.2. The van der Waals surface area contributed by atoms with Crippen molar-refractivity contribution in [1.82, 2.24) is 5.32 Å². The molecule has 1 unspecified atom stereocenters. The number of carbonyl (C=O) groups excluding carboxylic acids is 2. The van der Waals surface area contributed by atoms with Gasteiger partial charge in [0.15, 0.2) is 0 Å². The quantitative estimate of drug-likeness (QED) is 0.725. The van der Waals surface area contributed by atoms with Crippen LogP contribution in [0, 0.1) is 6.92 Å². The highest BCUT2D eigenvalue weighted by Gasteiger charge is 2.10. The van der Waals surface area contributed by atoms with Gasteiger partial charge in [-0.2, -0.15) is 0 Å². The molecule has 1 aromatic rings. The smallest absolute Gasteiger partial charge is 0.248 e. The lowest BCUT2D eigenvalue weighted by Crippen LogP contribution is -2.30. The van der Waals surface area contributed by atoms with Gasteiger partial charge < -0.3 is 16.4 Å². The first-order valence-electron chi connectivity index (χ1n) is 6.37. The van der Waals surface area contributed by atoms with Crippen molar-refractivity contribution in [2.24, 2.45) is 5.73 Å². The van der Waals surface area contributed by atoms with Crippen LogP contribution in [0.2, 0.25) is 0 Å². The zero-order valence-corrected chi connectivity index (χ0v) is 11.6. The molecule has 1 aromatic carbocycles. The molecule has 1 atom stereocenters. The molecule has 104 valence electrons. The molecule has 1 rings (SSSR count). The minimum atomic E-state index is -0.471. The van der Waals surface area contributed by atoms with Crippen LogP contribution in [0.3, 0.4) is 0 Å². The first-order chi connectivity index (χ1) is 8.93. The van der Waals surface area contributed by atoms with Crippen LogP contribution >= 0.6 is 0 Å². The molecule has 19 heavy (non-hydrogen) atoms. The first-order valence-corrected chi connectivity index (χ1v) is 6.37. The molecule has 5 heteroatoms. The van der Waals surface area contributed by atoms with Gasteiger partial charge in [-0.25, -0.2) is 0 Å². The molecule has 0 aliphatic carbocycles. The van der Waals surface area contributed by atoms with Gasteiger partial charge in [0.1, 0.15) is 0 Å². The predicted molar refractivity (Wildman–Crippen MR) is 76.1 cm³/mol. The maximum absolute atomic E-state index is 11.8. The van der Waals surface area contributed by atoms with Gasteiger partial charge in [0.05, 0.1) is 0 Å². The number of nitrogens with one attached hydrogen (secondary N) is 2. The fraction of sp³-hybridized carbons (Fsp3) is 0.429. The molecule has 0 fully saturated rings. The molecule has 0 aliphatic heterocycles. The summed E-state index contributed by atoms with van der Waals surface area (Å²) in [6, 6.07) is 5.12. The summed E-state index contributed by atoms with van der Waals surface area (Å²) in [4.78, 5) is 22.9. The summed E-state index contributed by atoms with van der Waals surface area (Å²) in [7, 11) is 0. The van der Waals surface area contributed by atoms with Crippen molar-refractivity contribution >= 4 is 17.5 Å². The highest BCUT2D eigenvalue weighted by atomic mass is 16.2. The van der Waals surface area contributed by atoms with Crippen LogP contribution in [0.4, 0.5) is 5.69 Å². The lowest BCUT2D eigenvalue weighted by molar-refractivity contribution is -0.116. The Labute approximate surface area is 113 Å². The Morgan fingerprint density at radius 3 is 2.58 bits per heavy atom. The molecule has 4 N–H and O–H groups in total. The van der Waals surface area contributed by atoms with Gasteiger partial charge in [-0.3, -0.25) is 9.59 Å². The Balaban J connectivity index is 2.67. The number of anilines is 1. The Bertz CT molecular complexity index is 472. The number of hydrogen-bond donors (Lipinski definition) is 3. The van der Waals surface area contributed by atoms with Crippen molar-refractivity contribution in [2.75, 3.05) is 11.9 Å². The Morgan fingerprint density at radius 1 is 1.37 bits per heavy atom. The predicted octanol–water partition coefficient (Wildman–Crippen LogP) is 1.42. The van der Waals surface area contributed by atoms with E-state index in [4.69, 9.17) is 5.73 Å². The number of aryl methyl sites for hydroxylation is 1. The van der Waals surface area contributed by atoms with Gasteiger partial charge in [0.25, 0.3) is 0 Å². The highest BCUT2D eigenvalue weighted by Crippen LogP contribution is 2.16. The van der Waals surface area contributed by atoms with E-state index >= 15 is 0 Å². The van der Waals surface area contributed by atoms with Gasteiger partial charge >= 0.3 is 0 Å². The fourth-order valence-electron chi connectivity index (χ4n) is 1.86. The fourth-order valence-corrected chi connectivity index (χ4v) is 1.86. The third-order valence-electron chi connectivity index (χ3n) is 2.83. The average Bonchev–Trinajstić information content (AvgIpc) is 2.31. The van der Waals surface area contributed by atoms with E-state index in [1.54, 1.807) is 18.2 Å². The van der Waals surface area contributed by atoms with Crippen LogP contribution in [0.15, 0.2) is 18.2 Å². The number of carbonyl (C=O) groups is 2. The zero-order valence-electron chi connectivity index (χ0n) is 11.6. The van der Waals surface area contributed by atoms with Crippen LogP contribution < -0.4 is 16.4 Å². The number of primary amides is 1. The molecule has 0 spiro atoms. The van der Waals surface area contributed by atoms with Gasteiger partial charge in [0, 0.05) is 23.7 Å². The maximum Gasteiger partial charge on any atom is 0.248 e. The monoisotopic (exact) mass is 263 g/mol. The number of amides is 2. The third kappa shape index (κ3) is 4.71. The van der Waals surface area contributed by atoms with Crippen molar-refractivity contribution < 1.29 is 9.59 Å². The van der Waals surface area contributed by atoms with E-state index in [0.717, 1.165) is 12.1 Å². The number of hydrogen-bond acceptors (Lipinski definition) is 3. The van der Waals surface area contributed by atoms with Crippen molar-refractivity contribution in [2.45, 2.75) is 33.2 Å². The molecule has 0 radical (unpaired) electrons. The van der Waals surface area contributed by atoms with Crippen molar-refractivity contribution in [3.8, 4) is 0 Å². The van der Waals surface area contributed by atoms with Crippen molar-refractivity contribution in [1.29, 1.82) is 0 Å². The molecule has 5 nitrogen and oxygen atoms in total. The molecule has 0 aromatic heterocycles. The minimum Gasteiger partial charge on any atom is -0.366 e. The molecular formula is C14H21N3O2. The third-order valence-corrected chi connectivity index (χ3v) is 2.83. The Kier molecular flexibility index (Phi) is 5.51. The highest BCUT2D eigenvalue weighted by molar-refractivity contribution is 5.95. The topological polar surface area (TPSA) is 84.2 Å². The molecule has 0 heterocycles. The molecule has 0 saturated heterocycles. The summed E-state index contributed by atoms with van der Waals surface area (Å²) in [6.07, 6.45) is 0.408. The van der Waals surface area contributed by atoms with Gasteiger partial charge in [-0.15, -0.1) is 0 Å². The normalized spacial score (nSPS) is 11.9. The molecular weight excluding hydrogens is 242 g/mol. The molecule has 0 saturated carbocycles. The molecule has 0 bridgehead atoms. The SMILES string of the molecule is CCNC(C)CC(=O)Nc1ccc(C(N)=O)cc1C. The average molecular weight is 263 g/mol. The Morgan fingerprint density at radius 2 is 2.05 bits per heavy atom.